The highest BCUT2D eigenvalue weighted by molar-refractivity contribution is 7.91. The molecule has 0 saturated carbocycles. The zero-order valence-electron chi connectivity index (χ0n) is 16.1. The number of halogens is 1. The first-order chi connectivity index (χ1) is 13.9. The number of amides is 1. The van der Waals surface area contributed by atoms with Crippen molar-refractivity contribution in [1.82, 2.24) is 4.90 Å². The first-order valence-corrected chi connectivity index (χ1v) is 11.7. The van der Waals surface area contributed by atoms with Crippen LogP contribution in [0.3, 0.4) is 0 Å². The predicted molar refractivity (Wildman–Crippen MR) is 113 cm³/mol. The molecule has 0 aromatic heterocycles. The number of carbonyl (C=O) groups is 1. The number of fused-ring (bicyclic) bond motifs is 1. The summed E-state index contributed by atoms with van der Waals surface area (Å²) in [7, 11) is -1.59. The van der Waals surface area contributed by atoms with Crippen molar-refractivity contribution in [2.45, 2.75) is 18.5 Å². The quantitative estimate of drug-likeness (QED) is 0.723. The van der Waals surface area contributed by atoms with Gasteiger partial charge in [-0.25, -0.2) is 8.42 Å². The van der Waals surface area contributed by atoms with Crippen molar-refractivity contribution in [3.8, 4) is 5.75 Å². The number of carbonyl (C=O) groups excluding carboxylic acids is 1. The first kappa shape index (κ1) is 20.2. The molecule has 2 saturated heterocycles. The lowest BCUT2D eigenvalue weighted by Crippen LogP contribution is -2.62. The summed E-state index contributed by atoms with van der Waals surface area (Å²) >= 11 is 6.10. The Morgan fingerprint density at radius 3 is 2.62 bits per heavy atom. The second-order valence-corrected chi connectivity index (χ2v) is 10.1. The van der Waals surface area contributed by atoms with Crippen LogP contribution in [0, 0.1) is 0 Å². The van der Waals surface area contributed by atoms with E-state index in [-0.39, 0.29) is 30.0 Å². The molecule has 8 heteroatoms. The molecule has 2 aliphatic rings. The molecule has 0 N–H and O–H groups in total. The highest BCUT2D eigenvalue weighted by atomic mass is 35.5. The van der Waals surface area contributed by atoms with Crippen molar-refractivity contribution in [3.05, 3.63) is 59.1 Å². The third kappa shape index (κ3) is 4.27. The number of nitrogens with zero attached hydrogens (tertiary/aromatic N) is 2. The lowest BCUT2D eigenvalue weighted by Gasteiger charge is -2.43. The summed E-state index contributed by atoms with van der Waals surface area (Å²) in [4.78, 5) is 16.6. The zero-order chi connectivity index (χ0) is 20.6. The van der Waals surface area contributed by atoms with Gasteiger partial charge in [-0.2, -0.15) is 0 Å². The second kappa shape index (κ2) is 7.97. The predicted octanol–water partition coefficient (Wildman–Crippen LogP) is 2.41. The minimum absolute atomic E-state index is 0.0222. The Bertz CT molecular complexity index is 1030. The van der Waals surface area contributed by atoms with Gasteiger partial charge < -0.3 is 9.64 Å². The molecule has 0 bridgehead atoms. The summed E-state index contributed by atoms with van der Waals surface area (Å²) in [5.74, 6) is 0.730. The number of piperazine rings is 1. The number of methoxy groups -OCH3 is 1. The van der Waals surface area contributed by atoms with Gasteiger partial charge >= 0.3 is 0 Å². The van der Waals surface area contributed by atoms with Crippen molar-refractivity contribution < 1.29 is 17.9 Å². The number of anilines is 1. The number of benzene rings is 2. The van der Waals surface area contributed by atoms with Gasteiger partial charge in [0.25, 0.3) is 0 Å². The summed E-state index contributed by atoms with van der Waals surface area (Å²) in [6, 6.07) is 14.2. The molecule has 2 atom stereocenters. The molecule has 0 spiro atoms. The van der Waals surface area contributed by atoms with Crippen molar-refractivity contribution in [2.24, 2.45) is 0 Å². The van der Waals surface area contributed by atoms with E-state index in [4.69, 9.17) is 16.3 Å². The largest absolute Gasteiger partial charge is 0.497 e. The van der Waals surface area contributed by atoms with Crippen LogP contribution in [0.2, 0.25) is 5.02 Å². The Labute approximate surface area is 175 Å². The molecule has 4 rings (SSSR count). The molecule has 0 radical (unpaired) electrons. The van der Waals surface area contributed by atoms with Gasteiger partial charge in [-0.1, -0.05) is 29.8 Å². The maximum atomic E-state index is 13.0. The van der Waals surface area contributed by atoms with Crippen LogP contribution in [-0.4, -0.2) is 63.0 Å². The van der Waals surface area contributed by atoms with E-state index >= 15 is 0 Å². The average molecular weight is 435 g/mol. The van der Waals surface area contributed by atoms with Gasteiger partial charge in [0, 0.05) is 23.3 Å². The van der Waals surface area contributed by atoms with Crippen LogP contribution in [0.5, 0.6) is 5.75 Å². The molecule has 6 nitrogen and oxygen atoms in total. The van der Waals surface area contributed by atoms with Gasteiger partial charge in [0.1, 0.15) is 5.75 Å². The minimum Gasteiger partial charge on any atom is -0.497 e. The molecule has 1 amide bonds. The van der Waals surface area contributed by atoms with Gasteiger partial charge in [0.2, 0.25) is 5.91 Å². The molecular formula is C21H23ClN2O4S. The maximum absolute atomic E-state index is 13.0. The van der Waals surface area contributed by atoms with Crippen molar-refractivity contribution in [1.29, 1.82) is 0 Å². The molecule has 2 fully saturated rings. The van der Waals surface area contributed by atoms with E-state index in [0.717, 1.165) is 11.3 Å². The highest BCUT2D eigenvalue weighted by Crippen LogP contribution is 2.32. The Morgan fingerprint density at radius 2 is 1.86 bits per heavy atom. The van der Waals surface area contributed by atoms with Crippen LogP contribution in [0.15, 0.2) is 48.5 Å². The van der Waals surface area contributed by atoms with E-state index in [1.54, 1.807) is 36.3 Å². The van der Waals surface area contributed by atoms with Crippen molar-refractivity contribution in [3.63, 3.8) is 0 Å². The van der Waals surface area contributed by atoms with E-state index in [9.17, 15) is 13.2 Å². The molecular weight excluding hydrogens is 412 g/mol. The first-order valence-electron chi connectivity index (χ1n) is 9.51. The third-order valence-electron chi connectivity index (χ3n) is 5.61. The molecule has 154 valence electrons. The SMILES string of the molecule is COc1cccc(CCN2CC(=O)N(c3cccc(Cl)c3)[C@H]3CS(=O)(=O)C[C@@H]32)c1. The molecule has 0 unspecified atom stereocenters. The molecule has 2 aromatic rings. The van der Waals surface area contributed by atoms with Crippen LogP contribution in [0.1, 0.15) is 5.56 Å². The number of ether oxygens (including phenoxy) is 1. The van der Waals surface area contributed by atoms with Crippen LogP contribution >= 0.6 is 11.6 Å². The van der Waals surface area contributed by atoms with Crippen molar-refractivity contribution in [2.75, 3.05) is 36.6 Å². The van der Waals surface area contributed by atoms with Crippen LogP contribution in [-0.2, 0) is 21.1 Å². The highest BCUT2D eigenvalue weighted by Gasteiger charge is 2.49. The topological polar surface area (TPSA) is 66.9 Å². The summed E-state index contributed by atoms with van der Waals surface area (Å²) in [6.07, 6.45) is 0.713. The van der Waals surface area contributed by atoms with Gasteiger partial charge in [-0.05, 0) is 42.3 Å². The Balaban J connectivity index is 1.57. The number of rotatable bonds is 5. The fourth-order valence-electron chi connectivity index (χ4n) is 4.27. The van der Waals surface area contributed by atoms with E-state index in [2.05, 4.69) is 0 Å². The van der Waals surface area contributed by atoms with Crippen LogP contribution in [0.4, 0.5) is 5.69 Å². The minimum atomic E-state index is -3.22. The second-order valence-electron chi connectivity index (χ2n) is 7.53. The van der Waals surface area contributed by atoms with Crippen molar-refractivity contribution >= 4 is 33.0 Å². The number of sulfone groups is 1. The van der Waals surface area contributed by atoms with Crippen LogP contribution in [0.25, 0.3) is 0 Å². The summed E-state index contributed by atoms with van der Waals surface area (Å²) in [5.41, 5.74) is 1.74. The monoisotopic (exact) mass is 434 g/mol. The van der Waals surface area contributed by atoms with E-state index in [0.29, 0.717) is 23.7 Å². The Morgan fingerprint density at radius 1 is 1.10 bits per heavy atom. The third-order valence-corrected chi connectivity index (χ3v) is 7.54. The van der Waals surface area contributed by atoms with Gasteiger partial charge in [-0.3, -0.25) is 9.69 Å². The van der Waals surface area contributed by atoms with E-state index in [1.165, 1.54) is 0 Å². The summed E-state index contributed by atoms with van der Waals surface area (Å²) in [5, 5.41) is 0.521. The van der Waals surface area contributed by atoms with Gasteiger partial charge in [-0.15, -0.1) is 0 Å². The lowest BCUT2D eigenvalue weighted by atomic mass is 10.0. The van der Waals surface area contributed by atoms with E-state index in [1.807, 2.05) is 29.2 Å². The number of hydrogen-bond donors (Lipinski definition) is 0. The van der Waals surface area contributed by atoms with Gasteiger partial charge in [0.05, 0.1) is 31.2 Å². The molecule has 0 aliphatic carbocycles. The fourth-order valence-corrected chi connectivity index (χ4v) is 6.43. The molecule has 2 heterocycles. The smallest absolute Gasteiger partial charge is 0.241 e. The number of hydrogen-bond acceptors (Lipinski definition) is 5. The Kier molecular flexibility index (Phi) is 5.55. The summed E-state index contributed by atoms with van der Waals surface area (Å²) in [6.45, 7) is 0.798. The normalized spacial score (nSPS) is 23.8. The summed E-state index contributed by atoms with van der Waals surface area (Å²) < 4.78 is 30.2. The molecule has 2 aromatic carbocycles. The van der Waals surface area contributed by atoms with Gasteiger partial charge in [0.15, 0.2) is 9.84 Å². The van der Waals surface area contributed by atoms with E-state index < -0.39 is 15.9 Å². The maximum Gasteiger partial charge on any atom is 0.241 e. The Hall–Kier alpha value is -2.09. The standard InChI is InChI=1S/C21H23ClN2O4S/c1-28-18-7-2-4-15(10-18)8-9-23-12-21(25)24(17-6-3-5-16(22)11-17)20-14-29(26,27)13-19(20)23/h2-7,10-11,19-20H,8-9,12-14H2,1H3/t19-,20-/m0/s1. The molecule has 29 heavy (non-hydrogen) atoms. The lowest BCUT2D eigenvalue weighted by molar-refractivity contribution is -0.123. The zero-order valence-corrected chi connectivity index (χ0v) is 17.7. The van der Waals surface area contributed by atoms with Crippen LogP contribution < -0.4 is 9.64 Å². The fraction of sp³-hybridized carbons (Fsp3) is 0.381. The average Bonchev–Trinajstić information content (AvgIpc) is 3.01. The molecule has 2 aliphatic heterocycles.